The minimum Gasteiger partial charge on any atom is -0.360 e. The summed E-state index contributed by atoms with van der Waals surface area (Å²) >= 11 is 0. The molecule has 4 heterocycles. The minimum atomic E-state index is -0.139. The molecule has 1 saturated heterocycles. The molecule has 0 aliphatic carbocycles. The van der Waals surface area contributed by atoms with Crippen LogP contribution in [-0.4, -0.2) is 62.1 Å². The highest BCUT2D eigenvalue weighted by Gasteiger charge is 2.24. The molecule has 3 aromatic heterocycles. The number of piperazine rings is 1. The average Bonchev–Trinajstić information content (AvgIpc) is 3.13. The first-order chi connectivity index (χ1) is 13.2. The van der Waals surface area contributed by atoms with Gasteiger partial charge in [0, 0.05) is 44.6 Å². The van der Waals surface area contributed by atoms with E-state index in [-0.39, 0.29) is 5.91 Å². The third kappa shape index (κ3) is 3.84. The lowest BCUT2D eigenvalue weighted by molar-refractivity contribution is 0.0740. The van der Waals surface area contributed by atoms with Crippen molar-refractivity contribution in [3.8, 4) is 0 Å². The number of carbonyl (C=O) groups excluding carboxylic acids is 1. The van der Waals surface area contributed by atoms with Crippen molar-refractivity contribution >= 4 is 23.5 Å². The van der Waals surface area contributed by atoms with Gasteiger partial charge in [0.25, 0.3) is 5.91 Å². The van der Waals surface area contributed by atoms with E-state index in [9.17, 15) is 4.79 Å². The van der Waals surface area contributed by atoms with E-state index < -0.39 is 0 Å². The van der Waals surface area contributed by atoms with E-state index in [2.05, 4.69) is 35.3 Å². The Morgan fingerprint density at radius 3 is 2.44 bits per heavy atom. The Hall–Kier alpha value is -3.56. The number of amides is 1. The van der Waals surface area contributed by atoms with E-state index in [0.29, 0.717) is 55.2 Å². The van der Waals surface area contributed by atoms with Gasteiger partial charge < -0.3 is 19.6 Å². The van der Waals surface area contributed by atoms with Gasteiger partial charge in [0.1, 0.15) is 17.3 Å². The highest BCUT2D eigenvalue weighted by atomic mass is 16.5. The molecule has 0 spiro atoms. The summed E-state index contributed by atoms with van der Waals surface area (Å²) in [5, 5.41) is 6.80. The first kappa shape index (κ1) is 16.9. The molecule has 4 rings (SSSR count). The fraction of sp³-hybridized carbons (Fsp3) is 0.294. The number of hydrogen-bond acceptors (Lipinski definition) is 9. The second kappa shape index (κ2) is 7.36. The monoisotopic (exact) mass is 366 g/mol. The summed E-state index contributed by atoms with van der Waals surface area (Å²) in [6.07, 6.45) is 6.40. The van der Waals surface area contributed by atoms with Crippen molar-refractivity contribution in [2.24, 2.45) is 0 Å². The smallest absolute Gasteiger partial charge is 0.274 e. The molecule has 0 saturated carbocycles. The molecule has 3 aromatic rings. The second-order valence-electron chi connectivity index (χ2n) is 6.06. The highest BCUT2D eigenvalue weighted by molar-refractivity contribution is 5.92. The van der Waals surface area contributed by atoms with Gasteiger partial charge in [0.2, 0.25) is 5.95 Å². The number of nitrogens with zero attached hydrogens (tertiary/aromatic N) is 7. The van der Waals surface area contributed by atoms with Crippen LogP contribution < -0.4 is 10.2 Å². The Balaban J connectivity index is 1.36. The van der Waals surface area contributed by atoms with Crippen LogP contribution in [0.3, 0.4) is 0 Å². The van der Waals surface area contributed by atoms with Gasteiger partial charge in [-0.15, -0.1) is 0 Å². The maximum Gasteiger partial charge on any atom is 0.274 e. The second-order valence-corrected chi connectivity index (χ2v) is 6.06. The van der Waals surface area contributed by atoms with Crippen LogP contribution in [0.1, 0.15) is 16.2 Å². The Labute approximate surface area is 155 Å². The molecule has 0 unspecified atom stereocenters. The standard InChI is InChI=1S/C17H18N8O2/c1-12-9-14(23-27-12)22-15-11-20-13(10-21-15)16(26)24-5-7-25(8-6-24)17-18-3-2-4-19-17/h2-4,9-11H,5-8H2,1H3,(H,21,22,23). The number of nitrogens with one attached hydrogen (secondary N) is 1. The first-order valence-electron chi connectivity index (χ1n) is 8.53. The fourth-order valence-electron chi connectivity index (χ4n) is 2.79. The predicted molar refractivity (Wildman–Crippen MR) is 96.7 cm³/mol. The summed E-state index contributed by atoms with van der Waals surface area (Å²) in [5.74, 6) is 2.27. The molecule has 1 amide bonds. The number of carbonyl (C=O) groups is 1. The summed E-state index contributed by atoms with van der Waals surface area (Å²) in [5.41, 5.74) is 0.307. The molecule has 10 heteroatoms. The number of aryl methyl sites for hydroxylation is 1. The molecule has 1 aliphatic heterocycles. The molecule has 0 radical (unpaired) electrons. The molecule has 10 nitrogen and oxygen atoms in total. The first-order valence-corrected chi connectivity index (χ1v) is 8.53. The average molecular weight is 366 g/mol. The summed E-state index contributed by atoms with van der Waals surface area (Å²) in [7, 11) is 0. The van der Waals surface area contributed by atoms with Crippen LogP contribution in [-0.2, 0) is 0 Å². The van der Waals surface area contributed by atoms with Crippen LogP contribution in [0.4, 0.5) is 17.6 Å². The van der Waals surface area contributed by atoms with E-state index in [1.54, 1.807) is 36.4 Å². The predicted octanol–water partition coefficient (Wildman–Crippen LogP) is 1.27. The van der Waals surface area contributed by atoms with Crippen LogP contribution in [0.5, 0.6) is 0 Å². The molecule has 1 fully saturated rings. The Bertz CT molecular complexity index is 904. The molecule has 138 valence electrons. The highest BCUT2D eigenvalue weighted by Crippen LogP contribution is 2.15. The molecule has 0 aromatic carbocycles. The quantitative estimate of drug-likeness (QED) is 0.729. The number of aromatic nitrogens is 5. The SMILES string of the molecule is Cc1cc(Nc2cnc(C(=O)N3CCN(c4ncccn4)CC3)cn2)no1. The third-order valence-electron chi connectivity index (χ3n) is 4.16. The van der Waals surface area contributed by atoms with E-state index in [0.717, 1.165) is 0 Å². The van der Waals surface area contributed by atoms with Crippen LogP contribution in [0, 0.1) is 6.92 Å². The molecule has 27 heavy (non-hydrogen) atoms. The zero-order valence-electron chi connectivity index (χ0n) is 14.7. The van der Waals surface area contributed by atoms with Crippen LogP contribution >= 0.6 is 0 Å². The van der Waals surface area contributed by atoms with E-state index in [1.165, 1.54) is 12.4 Å². The van der Waals surface area contributed by atoms with Crippen molar-refractivity contribution in [1.29, 1.82) is 0 Å². The third-order valence-corrected chi connectivity index (χ3v) is 4.16. The number of anilines is 3. The fourth-order valence-corrected chi connectivity index (χ4v) is 2.79. The van der Waals surface area contributed by atoms with Crippen molar-refractivity contribution in [2.75, 3.05) is 36.4 Å². The van der Waals surface area contributed by atoms with Gasteiger partial charge in [0.15, 0.2) is 5.82 Å². The topological polar surface area (TPSA) is 113 Å². The van der Waals surface area contributed by atoms with Crippen molar-refractivity contribution in [2.45, 2.75) is 6.92 Å². The van der Waals surface area contributed by atoms with Gasteiger partial charge in [-0.3, -0.25) is 4.79 Å². The number of hydrogen-bond donors (Lipinski definition) is 1. The van der Waals surface area contributed by atoms with Crippen molar-refractivity contribution < 1.29 is 9.32 Å². The van der Waals surface area contributed by atoms with Crippen molar-refractivity contribution in [1.82, 2.24) is 30.0 Å². The summed E-state index contributed by atoms with van der Waals surface area (Å²) in [4.78, 5) is 33.4. The maximum absolute atomic E-state index is 12.6. The van der Waals surface area contributed by atoms with E-state index in [1.807, 2.05) is 0 Å². The Morgan fingerprint density at radius 1 is 1.04 bits per heavy atom. The van der Waals surface area contributed by atoms with E-state index >= 15 is 0 Å². The molecule has 1 aliphatic rings. The lowest BCUT2D eigenvalue weighted by atomic mass is 10.3. The Morgan fingerprint density at radius 2 is 1.81 bits per heavy atom. The summed E-state index contributed by atoms with van der Waals surface area (Å²) < 4.78 is 4.98. The van der Waals surface area contributed by atoms with Crippen LogP contribution in [0.25, 0.3) is 0 Å². The Kier molecular flexibility index (Phi) is 4.60. The largest absolute Gasteiger partial charge is 0.360 e. The lowest BCUT2D eigenvalue weighted by Crippen LogP contribution is -2.49. The van der Waals surface area contributed by atoms with Gasteiger partial charge in [-0.05, 0) is 13.0 Å². The van der Waals surface area contributed by atoms with E-state index in [4.69, 9.17) is 4.52 Å². The van der Waals surface area contributed by atoms with Crippen molar-refractivity contribution in [3.05, 3.63) is 48.4 Å². The normalized spacial score (nSPS) is 14.3. The van der Waals surface area contributed by atoms with Gasteiger partial charge in [0.05, 0.1) is 12.4 Å². The van der Waals surface area contributed by atoms with Gasteiger partial charge in [-0.1, -0.05) is 5.16 Å². The maximum atomic E-state index is 12.6. The minimum absolute atomic E-state index is 0.139. The summed E-state index contributed by atoms with van der Waals surface area (Å²) in [6, 6.07) is 3.53. The summed E-state index contributed by atoms with van der Waals surface area (Å²) in [6.45, 7) is 4.31. The molecular weight excluding hydrogens is 348 g/mol. The molecule has 0 bridgehead atoms. The molecule has 0 atom stereocenters. The van der Waals surface area contributed by atoms with Crippen LogP contribution in [0.15, 0.2) is 41.4 Å². The van der Waals surface area contributed by atoms with Gasteiger partial charge in [-0.25, -0.2) is 19.9 Å². The van der Waals surface area contributed by atoms with Crippen molar-refractivity contribution in [3.63, 3.8) is 0 Å². The van der Waals surface area contributed by atoms with Gasteiger partial charge >= 0.3 is 0 Å². The van der Waals surface area contributed by atoms with Gasteiger partial charge in [-0.2, -0.15) is 0 Å². The molecular formula is C17H18N8O2. The van der Waals surface area contributed by atoms with Crippen LogP contribution in [0.2, 0.25) is 0 Å². The number of rotatable bonds is 4. The zero-order chi connectivity index (χ0) is 18.6. The zero-order valence-corrected chi connectivity index (χ0v) is 14.7. The molecule has 1 N–H and O–H groups in total. The lowest BCUT2D eigenvalue weighted by Gasteiger charge is -2.34.